The first kappa shape index (κ1) is 13.1. The maximum Gasteiger partial charge on any atom is 0.132 e. The van der Waals surface area contributed by atoms with Gasteiger partial charge in [0.1, 0.15) is 11.5 Å². The summed E-state index contributed by atoms with van der Waals surface area (Å²) in [5.74, 6) is 2.11. The van der Waals surface area contributed by atoms with Gasteiger partial charge >= 0.3 is 0 Å². The minimum atomic E-state index is 0.438. The number of methoxy groups -OCH3 is 1. The van der Waals surface area contributed by atoms with Crippen molar-refractivity contribution in [1.29, 1.82) is 0 Å². The van der Waals surface area contributed by atoms with Gasteiger partial charge < -0.3 is 4.74 Å². The third-order valence-electron chi connectivity index (χ3n) is 3.91. The molecule has 98 valence electrons. The first-order valence-electron chi connectivity index (χ1n) is 6.76. The third kappa shape index (κ3) is 2.92. The van der Waals surface area contributed by atoms with E-state index in [0.29, 0.717) is 11.7 Å². The summed E-state index contributed by atoms with van der Waals surface area (Å²) >= 11 is 0. The number of rotatable bonds is 3. The lowest BCUT2D eigenvalue weighted by atomic mass is 9.84. The van der Waals surface area contributed by atoms with Crippen LogP contribution in [0.1, 0.15) is 42.4 Å². The summed E-state index contributed by atoms with van der Waals surface area (Å²) in [4.78, 5) is 11.2. The second kappa shape index (κ2) is 5.55. The highest BCUT2D eigenvalue weighted by molar-refractivity contribution is 5.79. The van der Waals surface area contributed by atoms with E-state index >= 15 is 0 Å². The van der Waals surface area contributed by atoms with Crippen LogP contribution >= 0.6 is 0 Å². The molecule has 1 aromatic rings. The van der Waals surface area contributed by atoms with Gasteiger partial charge in [0.25, 0.3) is 0 Å². The van der Waals surface area contributed by atoms with E-state index in [0.717, 1.165) is 37.9 Å². The second-order valence-electron chi connectivity index (χ2n) is 5.45. The van der Waals surface area contributed by atoms with Crippen LogP contribution in [0.5, 0.6) is 5.75 Å². The number of aryl methyl sites for hydroxylation is 2. The lowest BCUT2D eigenvalue weighted by molar-refractivity contribution is -0.121. The van der Waals surface area contributed by atoms with Crippen molar-refractivity contribution < 1.29 is 9.53 Å². The van der Waals surface area contributed by atoms with Crippen molar-refractivity contribution in [3.05, 3.63) is 28.8 Å². The molecule has 0 unspecified atom stereocenters. The van der Waals surface area contributed by atoms with Crippen LogP contribution in [-0.2, 0) is 11.2 Å². The number of carbonyl (C=O) groups is 1. The predicted octanol–water partition coefficient (Wildman–Crippen LogP) is 3.61. The Bertz CT molecular complexity index is 415. The van der Waals surface area contributed by atoms with Crippen molar-refractivity contribution in [2.24, 2.45) is 5.92 Å². The largest absolute Gasteiger partial charge is 0.496 e. The Balaban J connectivity index is 2.08. The van der Waals surface area contributed by atoms with E-state index in [-0.39, 0.29) is 0 Å². The van der Waals surface area contributed by atoms with Crippen LogP contribution in [0, 0.1) is 19.8 Å². The average Bonchev–Trinajstić information content (AvgIpc) is 2.32. The molecule has 2 heteroatoms. The topological polar surface area (TPSA) is 26.3 Å². The first-order chi connectivity index (χ1) is 8.60. The zero-order chi connectivity index (χ0) is 13.1. The number of hydrogen-bond donors (Lipinski definition) is 0. The van der Waals surface area contributed by atoms with Gasteiger partial charge in [-0.25, -0.2) is 0 Å². The first-order valence-corrected chi connectivity index (χ1v) is 6.76. The fourth-order valence-corrected chi connectivity index (χ4v) is 3.02. The standard InChI is InChI=1S/C16H22O2/c1-11-8-14(9-12(2)16(11)18-3)10-13-4-6-15(17)7-5-13/h8-9,13H,4-7,10H2,1-3H3. The molecule has 0 bridgehead atoms. The van der Waals surface area contributed by atoms with Crippen LogP contribution in [0.2, 0.25) is 0 Å². The number of ether oxygens (including phenoxy) is 1. The summed E-state index contributed by atoms with van der Waals surface area (Å²) in [6.45, 7) is 4.19. The summed E-state index contributed by atoms with van der Waals surface area (Å²) < 4.78 is 5.39. The van der Waals surface area contributed by atoms with Crippen LogP contribution < -0.4 is 4.74 Å². The second-order valence-corrected chi connectivity index (χ2v) is 5.45. The Morgan fingerprint density at radius 1 is 1.17 bits per heavy atom. The van der Waals surface area contributed by atoms with Crippen LogP contribution in [0.3, 0.4) is 0 Å². The monoisotopic (exact) mass is 246 g/mol. The molecular weight excluding hydrogens is 224 g/mol. The number of carbonyl (C=O) groups excluding carboxylic acids is 1. The Morgan fingerprint density at radius 3 is 2.22 bits per heavy atom. The van der Waals surface area contributed by atoms with E-state index in [1.54, 1.807) is 7.11 Å². The van der Waals surface area contributed by atoms with E-state index < -0.39 is 0 Å². The van der Waals surface area contributed by atoms with E-state index in [9.17, 15) is 4.79 Å². The molecule has 0 amide bonds. The highest BCUT2D eigenvalue weighted by atomic mass is 16.5. The Kier molecular flexibility index (Phi) is 4.05. The smallest absolute Gasteiger partial charge is 0.132 e. The Hall–Kier alpha value is -1.31. The van der Waals surface area contributed by atoms with Crippen molar-refractivity contribution in [3.63, 3.8) is 0 Å². The summed E-state index contributed by atoms with van der Waals surface area (Å²) in [7, 11) is 1.72. The van der Waals surface area contributed by atoms with Crippen LogP contribution in [0.25, 0.3) is 0 Å². The summed E-state index contributed by atoms with van der Waals surface area (Å²) in [6, 6.07) is 4.45. The molecule has 1 fully saturated rings. The fourth-order valence-electron chi connectivity index (χ4n) is 3.02. The highest BCUT2D eigenvalue weighted by Crippen LogP contribution is 2.29. The molecule has 0 heterocycles. The number of hydrogen-bond acceptors (Lipinski definition) is 2. The summed E-state index contributed by atoms with van der Waals surface area (Å²) in [5.41, 5.74) is 3.80. The molecule has 1 saturated carbocycles. The van der Waals surface area contributed by atoms with E-state index in [4.69, 9.17) is 4.74 Å². The normalized spacial score (nSPS) is 16.9. The van der Waals surface area contributed by atoms with Crippen molar-refractivity contribution >= 4 is 5.78 Å². The van der Waals surface area contributed by atoms with Gasteiger partial charge in [0, 0.05) is 12.8 Å². The maximum atomic E-state index is 11.2. The number of ketones is 1. The average molecular weight is 246 g/mol. The van der Waals surface area contributed by atoms with E-state index in [1.807, 2.05) is 0 Å². The van der Waals surface area contributed by atoms with E-state index in [2.05, 4.69) is 26.0 Å². The Labute approximate surface area is 109 Å². The Morgan fingerprint density at radius 2 is 1.72 bits per heavy atom. The minimum Gasteiger partial charge on any atom is -0.496 e. The van der Waals surface area contributed by atoms with Gasteiger partial charge in [0.15, 0.2) is 0 Å². The van der Waals surface area contributed by atoms with Crippen LogP contribution in [0.15, 0.2) is 12.1 Å². The molecule has 1 aliphatic carbocycles. The molecule has 0 spiro atoms. The highest BCUT2D eigenvalue weighted by Gasteiger charge is 2.19. The number of benzene rings is 1. The number of Topliss-reactive ketones (excluding diaryl/α,β-unsaturated/α-hetero) is 1. The molecule has 0 radical (unpaired) electrons. The van der Waals surface area contributed by atoms with Gasteiger partial charge in [-0.3, -0.25) is 4.79 Å². The van der Waals surface area contributed by atoms with Crippen molar-refractivity contribution in [3.8, 4) is 5.75 Å². The van der Waals surface area contributed by atoms with Crippen molar-refractivity contribution in [1.82, 2.24) is 0 Å². The molecule has 18 heavy (non-hydrogen) atoms. The van der Waals surface area contributed by atoms with Gasteiger partial charge in [-0.05, 0) is 55.7 Å². The predicted molar refractivity (Wildman–Crippen MR) is 73.1 cm³/mol. The molecule has 0 atom stereocenters. The molecule has 1 aromatic carbocycles. The third-order valence-corrected chi connectivity index (χ3v) is 3.91. The fraction of sp³-hybridized carbons (Fsp3) is 0.562. The molecule has 0 aromatic heterocycles. The van der Waals surface area contributed by atoms with Crippen LogP contribution in [-0.4, -0.2) is 12.9 Å². The molecule has 0 N–H and O–H groups in total. The van der Waals surface area contributed by atoms with Gasteiger partial charge in [0.05, 0.1) is 7.11 Å². The minimum absolute atomic E-state index is 0.438. The van der Waals surface area contributed by atoms with Gasteiger partial charge in [0.2, 0.25) is 0 Å². The molecule has 2 rings (SSSR count). The zero-order valence-electron chi connectivity index (χ0n) is 11.6. The molecule has 1 aliphatic rings. The van der Waals surface area contributed by atoms with E-state index in [1.165, 1.54) is 16.7 Å². The maximum absolute atomic E-state index is 11.2. The molecule has 2 nitrogen and oxygen atoms in total. The lowest BCUT2D eigenvalue weighted by Gasteiger charge is -2.21. The summed E-state index contributed by atoms with van der Waals surface area (Å²) in [6.07, 6.45) is 4.77. The zero-order valence-corrected chi connectivity index (χ0v) is 11.6. The SMILES string of the molecule is COc1c(C)cc(CC2CCC(=O)CC2)cc1C. The van der Waals surface area contributed by atoms with Crippen molar-refractivity contribution in [2.75, 3.05) is 7.11 Å². The summed E-state index contributed by atoms with van der Waals surface area (Å²) in [5, 5.41) is 0. The quantitative estimate of drug-likeness (QED) is 0.814. The molecule has 0 aliphatic heterocycles. The van der Waals surface area contributed by atoms with Crippen LogP contribution in [0.4, 0.5) is 0 Å². The van der Waals surface area contributed by atoms with Gasteiger partial charge in [-0.2, -0.15) is 0 Å². The van der Waals surface area contributed by atoms with Crippen molar-refractivity contribution in [2.45, 2.75) is 46.0 Å². The molecular formula is C16H22O2. The van der Waals surface area contributed by atoms with Gasteiger partial charge in [-0.15, -0.1) is 0 Å². The lowest BCUT2D eigenvalue weighted by Crippen LogP contribution is -2.15. The molecule has 0 saturated heterocycles. The van der Waals surface area contributed by atoms with Gasteiger partial charge in [-0.1, -0.05) is 12.1 Å².